The van der Waals surface area contributed by atoms with Gasteiger partial charge in [-0.3, -0.25) is 5.32 Å². The third-order valence-electron chi connectivity index (χ3n) is 0.902. The molecular formula is C8H19NO2. The molecule has 68 valence electrons. The summed E-state index contributed by atoms with van der Waals surface area (Å²) in [6.07, 6.45) is 0.753. The molecule has 3 heteroatoms. The van der Waals surface area contributed by atoms with Gasteiger partial charge in [-0.15, -0.1) is 6.58 Å². The van der Waals surface area contributed by atoms with Gasteiger partial charge in [0, 0.05) is 7.97 Å². The summed E-state index contributed by atoms with van der Waals surface area (Å²) in [5, 5.41) is 11.8. The molecule has 0 aliphatic heterocycles. The van der Waals surface area contributed by atoms with Crippen LogP contribution >= 0.6 is 0 Å². The summed E-state index contributed by atoms with van der Waals surface area (Å²) in [5.74, 6) is 0. The van der Waals surface area contributed by atoms with Crippen LogP contribution in [0.4, 0.5) is 0 Å². The first-order valence-corrected chi connectivity index (χ1v) is 3.66. The Morgan fingerprint density at radius 3 is 2.64 bits per heavy atom. The molecule has 0 spiro atoms. The van der Waals surface area contributed by atoms with Gasteiger partial charge in [-0.05, 0) is 20.8 Å². The lowest BCUT2D eigenvalue weighted by molar-refractivity contribution is -0.179. The van der Waals surface area contributed by atoms with E-state index in [1.54, 1.807) is 6.08 Å². The van der Waals surface area contributed by atoms with Crippen molar-refractivity contribution in [3.8, 4) is 0 Å². The molecule has 0 bridgehead atoms. The van der Waals surface area contributed by atoms with Gasteiger partial charge >= 0.3 is 0 Å². The Morgan fingerprint density at radius 1 is 1.73 bits per heavy atom. The Labute approximate surface area is 69.5 Å². The largest absolute Gasteiger partial charge is 0.356 e. The van der Waals surface area contributed by atoms with Crippen LogP contribution in [0.25, 0.3) is 0 Å². The molecule has 1 atom stereocenters. The van der Waals surface area contributed by atoms with Gasteiger partial charge in [-0.1, -0.05) is 6.08 Å². The minimum Gasteiger partial charge on any atom is -0.356 e. The maximum atomic E-state index is 9.13. The molecule has 0 amide bonds. The zero-order valence-corrected chi connectivity index (χ0v) is 7.42. The molecule has 0 aromatic rings. The Kier molecular flexibility index (Phi) is 4.33. The van der Waals surface area contributed by atoms with E-state index in [2.05, 4.69) is 11.9 Å². The normalized spacial score (nSPS) is 14.5. The standard InChI is InChI=1S/C8H17NO2.H2/c1-5-6-9-7(10)11-8(2,3)4;/h5,7,9-10H,1,6H2,2-4H3;1H/t7-;/m0./s1. The van der Waals surface area contributed by atoms with Crippen molar-refractivity contribution >= 4 is 0 Å². The monoisotopic (exact) mass is 161 g/mol. The fourth-order valence-electron chi connectivity index (χ4n) is 0.561. The Hall–Kier alpha value is -0.380. The SMILES string of the molecule is C=CCN[C@@H](O)OC(C)(C)C.[HH]. The molecule has 0 aromatic heterocycles. The predicted molar refractivity (Wildman–Crippen MR) is 47.2 cm³/mol. The predicted octanol–water partition coefficient (Wildman–Crippen LogP) is 1.10. The van der Waals surface area contributed by atoms with Crippen LogP contribution in [0.5, 0.6) is 0 Å². The van der Waals surface area contributed by atoms with Gasteiger partial charge in [0.1, 0.15) is 0 Å². The minimum atomic E-state index is -0.909. The number of hydrogen-bond acceptors (Lipinski definition) is 3. The number of ether oxygens (including phenoxy) is 1. The first-order chi connectivity index (χ1) is 4.95. The summed E-state index contributed by atoms with van der Waals surface area (Å²) >= 11 is 0. The lowest BCUT2D eigenvalue weighted by Gasteiger charge is -2.23. The van der Waals surface area contributed by atoms with Crippen molar-refractivity contribution in [2.45, 2.75) is 32.8 Å². The van der Waals surface area contributed by atoms with Gasteiger partial charge < -0.3 is 9.84 Å². The zero-order valence-electron chi connectivity index (χ0n) is 7.42. The van der Waals surface area contributed by atoms with Gasteiger partial charge in [0.2, 0.25) is 6.41 Å². The second kappa shape index (κ2) is 4.49. The van der Waals surface area contributed by atoms with Crippen LogP contribution in [0.3, 0.4) is 0 Å². The highest BCUT2D eigenvalue weighted by molar-refractivity contribution is 4.69. The van der Waals surface area contributed by atoms with E-state index in [4.69, 9.17) is 9.84 Å². The van der Waals surface area contributed by atoms with E-state index in [0.717, 1.165) is 0 Å². The van der Waals surface area contributed by atoms with E-state index in [9.17, 15) is 0 Å². The summed E-state index contributed by atoms with van der Waals surface area (Å²) in [4.78, 5) is 0. The van der Waals surface area contributed by atoms with Gasteiger partial charge in [-0.2, -0.15) is 0 Å². The van der Waals surface area contributed by atoms with Crippen LogP contribution in [0.1, 0.15) is 22.2 Å². The maximum Gasteiger partial charge on any atom is 0.214 e. The highest BCUT2D eigenvalue weighted by Crippen LogP contribution is 2.07. The third-order valence-corrected chi connectivity index (χ3v) is 0.902. The number of rotatable bonds is 4. The van der Waals surface area contributed by atoms with Crippen molar-refractivity contribution in [3.05, 3.63) is 12.7 Å². The number of aliphatic hydroxyl groups excluding tert-OH is 1. The number of aliphatic hydroxyl groups is 1. The minimum absolute atomic E-state index is 0. The molecular weight excluding hydrogens is 142 g/mol. The van der Waals surface area contributed by atoms with Crippen LogP contribution < -0.4 is 5.32 Å². The van der Waals surface area contributed by atoms with Crippen LogP contribution in [0, 0.1) is 0 Å². The molecule has 0 aromatic carbocycles. The molecule has 2 N–H and O–H groups in total. The highest BCUT2D eigenvalue weighted by Gasteiger charge is 2.14. The molecule has 0 radical (unpaired) electrons. The van der Waals surface area contributed by atoms with E-state index in [1.807, 2.05) is 20.8 Å². The van der Waals surface area contributed by atoms with Crippen molar-refractivity contribution in [3.63, 3.8) is 0 Å². The average molecular weight is 161 g/mol. The molecule has 0 aliphatic rings. The Bertz CT molecular complexity index is 123. The van der Waals surface area contributed by atoms with Crippen LogP contribution in [0.15, 0.2) is 12.7 Å². The second-order valence-electron chi connectivity index (χ2n) is 3.28. The number of hydrogen-bond donors (Lipinski definition) is 2. The maximum absolute atomic E-state index is 9.13. The quantitative estimate of drug-likeness (QED) is 0.479. The lowest BCUT2D eigenvalue weighted by atomic mass is 10.2. The van der Waals surface area contributed by atoms with E-state index in [1.165, 1.54) is 0 Å². The molecule has 0 aliphatic carbocycles. The van der Waals surface area contributed by atoms with E-state index >= 15 is 0 Å². The van der Waals surface area contributed by atoms with Crippen molar-refractivity contribution in [2.24, 2.45) is 0 Å². The van der Waals surface area contributed by atoms with Gasteiger partial charge in [-0.25, -0.2) is 0 Å². The summed E-state index contributed by atoms with van der Waals surface area (Å²) in [7, 11) is 0. The van der Waals surface area contributed by atoms with Crippen molar-refractivity contribution < 1.29 is 11.3 Å². The first kappa shape index (κ1) is 10.6. The Morgan fingerprint density at radius 2 is 2.27 bits per heavy atom. The van der Waals surface area contributed by atoms with Crippen LogP contribution in [-0.4, -0.2) is 23.7 Å². The molecule has 11 heavy (non-hydrogen) atoms. The van der Waals surface area contributed by atoms with Crippen LogP contribution in [0.2, 0.25) is 0 Å². The zero-order chi connectivity index (χ0) is 8.91. The van der Waals surface area contributed by atoms with Crippen molar-refractivity contribution in [1.82, 2.24) is 5.32 Å². The fraction of sp³-hybridized carbons (Fsp3) is 0.750. The second-order valence-corrected chi connectivity index (χ2v) is 3.28. The molecule has 0 saturated heterocycles. The molecule has 0 fully saturated rings. The molecule has 3 nitrogen and oxygen atoms in total. The van der Waals surface area contributed by atoms with Crippen molar-refractivity contribution in [1.29, 1.82) is 0 Å². The summed E-state index contributed by atoms with van der Waals surface area (Å²) in [6.45, 7) is 9.68. The van der Waals surface area contributed by atoms with Gasteiger partial charge in [0.25, 0.3) is 0 Å². The van der Waals surface area contributed by atoms with E-state index < -0.39 is 6.41 Å². The van der Waals surface area contributed by atoms with Gasteiger partial charge in [0.15, 0.2) is 0 Å². The lowest BCUT2D eigenvalue weighted by Crippen LogP contribution is -2.37. The van der Waals surface area contributed by atoms with E-state index in [-0.39, 0.29) is 7.03 Å². The summed E-state index contributed by atoms with van der Waals surface area (Å²) < 4.78 is 5.14. The third kappa shape index (κ3) is 7.52. The fourth-order valence-corrected chi connectivity index (χ4v) is 0.561. The van der Waals surface area contributed by atoms with E-state index in [0.29, 0.717) is 6.54 Å². The Balaban J connectivity index is 0. The topological polar surface area (TPSA) is 41.5 Å². The molecule has 0 rings (SSSR count). The summed E-state index contributed by atoms with van der Waals surface area (Å²) in [5.41, 5.74) is -0.326. The first-order valence-electron chi connectivity index (χ1n) is 3.66. The molecule has 0 unspecified atom stereocenters. The summed E-state index contributed by atoms with van der Waals surface area (Å²) in [6, 6.07) is 0. The van der Waals surface area contributed by atoms with Crippen LogP contribution in [-0.2, 0) is 4.74 Å². The molecule has 0 heterocycles. The smallest absolute Gasteiger partial charge is 0.214 e. The molecule has 0 saturated carbocycles. The van der Waals surface area contributed by atoms with Gasteiger partial charge in [0.05, 0.1) is 5.60 Å². The average Bonchev–Trinajstić information content (AvgIpc) is 1.79. The highest BCUT2D eigenvalue weighted by atomic mass is 16.6. The van der Waals surface area contributed by atoms with Crippen molar-refractivity contribution in [2.75, 3.05) is 6.54 Å². The number of nitrogens with one attached hydrogen (secondary N) is 1.